The molecule has 0 aliphatic heterocycles. The number of aromatic nitrogens is 2. The van der Waals surface area contributed by atoms with Crippen LogP contribution in [-0.2, 0) is 35.4 Å². The Morgan fingerprint density at radius 1 is 1.25 bits per heavy atom. The molecule has 0 saturated carbocycles. The molecule has 0 amide bonds. The fourth-order valence-electron chi connectivity index (χ4n) is 3.59. The van der Waals surface area contributed by atoms with Gasteiger partial charge in [-0.3, -0.25) is 14.0 Å². The van der Waals surface area contributed by atoms with Crippen molar-refractivity contribution < 1.29 is 14.3 Å². The minimum absolute atomic E-state index is 0.0130. The molecule has 2 heterocycles. The molecule has 0 bridgehead atoms. The monoisotopic (exact) mass is 398 g/mol. The quantitative estimate of drug-likeness (QED) is 0.596. The van der Waals surface area contributed by atoms with Crippen LogP contribution in [0.15, 0.2) is 35.1 Å². The zero-order chi connectivity index (χ0) is 19.5. The van der Waals surface area contributed by atoms with Gasteiger partial charge in [0.2, 0.25) is 0 Å². The van der Waals surface area contributed by atoms with E-state index in [9.17, 15) is 9.59 Å². The minimum atomic E-state index is -0.321. The van der Waals surface area contributed by atoms with Crippen LogP contribution >= 0.6 is 11.3 Å². The summed E-state index contributed by atoms with van der Waals surface area (Å²) in [5.41, 5.74) is 2.46. The summed E-state index contributed by atoms with van der Waals surface area (Å²) in [4.78, 5) is 31.1. The zero-order valence-electron chi connectivity index (χ0n) is 15.8. The van der Waals surface area contributed by atoms with E-state index in [1.807, 2.05) is 24.3 Å². The van der Waals surface area contributed by atoms with Crippen molar-refractivity contribution in [3.8, 4) is 5.75 Å². The Bertz CT molecular complexity index is 1070. The Labute approximate surface area is 166 Å². The third-order valence-corrected chi connectivity index (χ3v) is 6.13. The van der Waals surface area contributed by atoms with Crippen LogP contribution < -0.4 is 10.3 Å². The highest BCUT2D eigenvalue weighted by Gasteiger charge is 2.18. The highest BCUT2D eigenvalue weighted by Crippen LogP contribution is 2.28. The van der Waals surface area contributed by atoms with E-state index in [4.69, 9.17) is 9.47 Å². The number of hydrogen-bond acceptors (Lipinski definition) is 6. The first-order valence-electron chi connectivity index (χ1n) is 9.46. The standard InChI is InChI=1S/C21H22N2O4S/c1-26-17-8-4-2-6-14(17)10-11-20(25)27-13-15-12-19(24)23-16-7-3-5-9-18(16)28-21(23)22-15/h2,4,6,8,12H,3,5,7,9-11,13H2,1H3. The number of carbonyl (C=O) groups excluding carboxylic acids is 1. The van der Waals surface area contributed by atoms with Crippen LogP contribution in [0.25, 0.3) is 4.96 Å². The van der Waals surface area contributed by atoms with E-state index in [1.165, 1.54) is 10.9 Å². The van der Waals surface area contributed by atoms with Crippen LogP contribution in [0.3, 0.4) is 0 Å². The van der Waals surface area contributed by atoms with E-state index in [0.717, 1.165) is 42.7 Å². The summed E-state index contributed by atoms with van der Waals surface area (Å²) >= 11 is 1.57. The van der Waals surface area contributed by atoms with Gasteiger partial charge in [0.1, 0.15) is 12.4 Å². The summed E-state index contributed by atoms with van der Waals surface area (Å²) < 4.78 is 12.4. The molecule has 0 fully saturated rings. The molecule has 4 rings (SSSR count). The highest BCUT2D eigenvalue weighted by atomic mass is 32.1. The number of fused-ring (bicyclic) bond motifs is 3. The van der Waals surface area contributed by atoms with E-state index in [1.54, 1.807) is 22.8 Å². The molecule has 0 saturated heterocycles. The smallest absolute Gasteiger partial charge is 0.306 e. The molecule has 1 aliphatic rings. The van der Waals surface area contributed by atoms with Crippen molar-refractivity contribution in [2.75, 3.05) is 7.11 Å². The van der Waals surface area contributed by atoms with Gasteiger partial charge in [0.15, 0.2) is 4.96 Å². The fourth-order valence-corrected chi connectivity index (χ4v) is 4.82. The Hall–Kier alpha value is -2.67. The summed E-state index contributed by atoms with van der Waals surface area (Å²) in [5, 5.41) is 0. The van der Waals surface area contributed by atoms with Gasteiger partial charge in [-0.25, -0.2) is 4.98 Å². The number of nitrogens with zero attached hydrogens (tertiary/aromatic N) is 2. The molecule has 7 heteroatoms. The van der Waals surface area contributed by atoms with Crippen molar-refractivity contribution >= 4 is 22.3 Å². The lowest BCUT2D eigenvalue weighted by atomic mass is 10.0. The normalized spacial score (nSPS) is 13.3. The van der Waals surface area contributed by atoms with E-state index < -0.39 is 0 Å². The van der Waals surface area contributed by atoms with Crippen LogP contribution in [0.4, 0.5) is 0 Å². The maximum atomic E-state index is 12.5. The molecular weight excluding hydrogens is 376 g/mol. The maximum Gasteiger partial charge on any atom is 0.306 e. The fraction of sp³-hybridized carbons (Fsp3) is 0.381. The molecule has 0 atom stereocenters. The van der Waals surface area contributed by atoms with Crippen LogP contribution in [0, 0.1) is 0 Å². The molecule has 0 unspecified atom stereocenters. The molecule has 146 valence electrons. The maximum absolute atomic E-state index is 12.5. The number of hydrogen-bond donors (Lipinski definition) is 0. The third-order valence-electron chi connectivity index (χ3n) is 4.99. The largest absolute Gasteiger partial charge is 0.496 e. The molecule has 1 aromatic carbocycles. The summed E-state index contributed by atoms with van der Waals surface area (Å²) in [7, 11) is 1.61. The number of ether oxygens (including phenoxy) is 2. The predicted molar refractivity (Wildman–Crippen MR) is 107 cm³/mol. The first-order chi connectivity index (χ1) is 13.7. The molecule has 1 aliphatic carbocycles. The van der Waals surface area contributed by atoms with Gasteiger partial charge in [0.05, 0.1) is 12.8 Å². The lowest BCUT2D eigenvalue weighted by Gasteiger charge is -2.10. The highest BCUT2D eigenvalue weighted by molar-refractivity contribution is 7.17. The number of thiazole rings is 1. The van der Waals surface area contributed by atoms with E-state index in [0.29, 0.717) is 17.1 Å². The van der Waals surface area contributed by atoms with Gasteiger partial charge in [0.25, 0.3) is 5.56 Å². The summed E-state index contributed by atoms with van der Waals surface area (Å²) in [6, 6.07) is 9.08. The average Bonchev–Trinajstić information content (AvgIpc) is 3.09. The lowest BCUT2D eigenvalue weighted by Crippen LogP contribution is -2.18. The van der Waals surface area contributed by atoms with Crippen LogP contribution in [0.1, 0.15) is 41.1 Å². The number of esters is 1. The molecule has 0 spiro atoms. The summed E-state index contributed by atoms with van der Waals surface area (Å²) in [6.07, 6.45) is 4.98. The van der Waals surface area contributed by atoms with Crippen molar-refractivity contribution in [3.05, 3.63) is 62.5 Å². The van der Waals surface area contributed by atoms with Crippen LogP contribution in [-0.4, -0.2) is 22.5 Å². The van der Waals surface area contributed by atoms with Crippen LogP contribution in [0.5, 0.6) is 5.75 Å². The first kappa shape index (κ1) is 18.7. The Kier molecular flexibility index (Phi) is 5.43. The van der Waals surface area contributed by atoms with E-state index >= 15 is 0 Å². The van der Waals surface area contributed by atoms with Gasteiger partial charge in [-0.15, -0.1) is 11.3 Å². The van der Waals surface area contributed by atoms with E-state index in [-0.39, 0.29) is 24.6 Å². The second-order valence-corrected chi connectivity index (χ2v) is 7.92. The van der Waals surface area contributed by atoms with E-state index in [2.05, 4.69) is 4.98 Å². The number of aryl methyl sites for hydroxylation is 3. The third kappa shape index (κ3) is 3.80. The molecule has 6 nitrogen and oxygen atoms in total. The van der Waals surface area contributed by atoms with Crippen molar-refractivity contribution in [1.29, 1.82) is 0 Å². The molecule has 0 N–H and O–H groups in total. The lowest BCUT2D eigenvalue weighted by molar-refractivity contribution is -0.145. The Morgan fingerprint density at radius 3 is 2.93 bits per heavy atom. The van der Waals surface area contributed by atoms with Crippen molar-refractivity contribution in [3.63, 3.8) is 0 Å². The van der Waals surface area contributed by atoms with Gasteiger partial charge >= 0.3 is 5.97 Å². The predicted octanol–water partition coefficient (Wildman–Crippen LogP) is 3.32. The molecule has 3 aromatic rings. The molecule has 2 aromatic heterocycles. The number of carbonyl (C=O) groups is 1. The van der Waals surface area contributed by atoms with Gasteiger partial charge in [-0.05, 0) is 43.7 Å². The van der Waals surface area contributed by atoms with Gasteiger partial charge in [-0.2, -0.15) is 0 Å². The van der Waals surface area contributed by atoms with Gasteiger partial charge < -0.3 is 9.47 Å². The number of para-hydroxylation sites is 1. The van der Waals surface area contributed by atoms with Crippen molar-refractivity contribution in [1.82, 2.24) is 9.38 Å². The van der Waals surface area contributed by atoms with Gasteiger partial charge in [-0.1, -0.05) is 18.2 Å². The molecule has 28 heavy (non-hydrogen) atoms. The Morgan fingerprint density at radius 2 is 2.07 bits per heavy atom. The second kappa shape index (κ2) is 8.14. The van der Waals surface area contributed by atoms with Crippen molar-refractivity contribution in [2.24, 2.45) is 0 Å². The second-order valence-electron chi connectivity index (χ2n) is 6.86. The topological polar surface area (TPSA) is 69.9 Å². The first-order valence-corrected chi connectivity index (χ1v) is 10.3. The van der Waals surface area contributed by atoms with Crippen molar-refractivity contribution in [2.45, 2.75) is 45.1 Å². The molecule has 0 radical (unpaired) electrons. The number of methoxy groups -OCH3 is 1. The number of rotatable bonds is 6. The average molecular weight is 398 g/mol. The number of benzene rings is 1. The van der Waals surface area contributed by atoms with Gasteiger partial charge in [0, 0.05) is 23.1 Å². The Balaban J connectivity index is 1.41. The molecular formula is C21H22N2O4S. The summed E-state index contributed by atoms with van der Waals surface area (Å²) in [6.45, 7) is 0.0130. The zero-order valence-corrected chi connectivity index (χ0v) is 16.6. The minimum Gasteiger partial charge on any atom is -0.496 e. The summed E-state index contributed by atoms with van der Waals surface area (Å²) in [5.74, 6) is 0.440. The van der Waals surface area contributed by atoms with Crippen LogP contribution in [0.2, 0.25) is 0 Å². The SMILES string of the molecule is COc1ccccc1CCC(=O)OCc1cc(=O)n2c3c(sc2n1)CCCC3.